The average molecular weight is 369 g/mol. The lowest BCUT2D eigenvalue weighted by atomic mass is 9.99. The van der Waals surface area contributed by atoms with Crippen molar-refractivity contribution in [1.29, 1.82) is 0 Å². The molecule has 0 aliphatic carbocycles. The van der Waals surface area contributed by atoms with Crippen LogP contribution in [0, 0.1) is 6.92 Å². The van der Waals surface area contributed by atoms with Crippen molar-refractivity contribution in [2.75, 3.05) is 6.54 Å². The van der Waals surface area contributed by atoms with Gasteiger partial charge in [-0.25, -0.2) is 8.42 Å². The second-order valence-electron chi connectivity index (χ2n) is 7.40. The summed E-state index contributed by atoms with van der Waals surface area (Å²) in [5, 5.41) is 1.15. The Kier molecular flexibility index (Phi) is 4.16. The summed E-state index contributed by atoms with van der Waals surface area (Å²) in [6.45, 7) is 7.13. The van der Waals surface area contributed by atoms with Crippen molar-refractivity contribution in [2.45, 2.75) is 44.6 Å². The Balaban J connectivity index is 1.76. The van der Waals surface area contributed by atoms with E-state index in [4.69, 9.17) is 0 Å². The molecular formula is C21H24N2O2S. The molecule has 1 N–H and O–H groups in total. The number of benzene rings is 2. The zero-order chi connectivity index (χ0) is 18.5. The van der Waals surface area contributed by atoms with Crippen LogP contribution < -0.4 is 0 Å². The van der Waals surface area contributed by atoms with Gasteiger partial charge in [0.15, 0.2) is 0 Å². The van der Waals surface area contributed by atoms with Gasteiger partial charge in [-0.1, -0.05) is 38.1 Å². The summed E-state index contributed by atoms with van der Waals surface area (Å²) >= 11 is 0. The SMILES string of the molecule is Cc1ccccc1S(=O)(=O)N1CCc2[nH]c3ccc(C(C)C)cc3c2C1. The van der Waals surface area contributed by atoms with Crippen LogP contribution in [0.2, 0.25) is 0 Å². The van der Waals surface area contributed by atoms with Gasteiger partial charge in [-0.3, -0.25) is 0 Å². The largest absolute Gasteiger partial charge is 0.358 e. The maximum absolute atomic E-state index is 13.2. The summed E-state index contributed by atoms with van der Waals surface area (Å²) in [4.78, 5) is 3.89. The highest BCUT2D eigenvalue weighted by molar-refractivity contribution is 7.89. The Morgan fingerprint density at radius 2 is 1.88 bits per heavy atom. The van der Waals surface area contributed by atoms with Crippen LogP contribution in [0.25, 0.3) is 10.9 Å². The van der Waals surface area contributed by atoms with Crippen LogP contribution in [-0.4, -0.2) is 24.3 Å². The molecule has 136 valence electrons. The van der Waals surface area contributed by atoms with Crippen LogP contribution in [0.4, 0.5) is 0 Å². The van der Waals surface area contributed by atoms with Gasteiger partial charge < -0.3 is 4.98 Å². The molecule has 0 atom stereocenters. The molecule has 3 aromatic rings. The zero-order valence-corrected chi connectivity index (χ0v) is 16.2. The Morgan fingerprint density at radius 1 is 1.12 bits per heavy atom. The first-order chi connectivity index (χ1) is 12.4. The minimum absolute atomic E-state index is 0.408. The molecule has 1 aromatic heterocycles. The maximum Gasteiger partial charge on any atom is 0.243 e. The molecule has 4 nitrogen and oxygen atoms in total. The number of hydrogen-bond acceptors (Lipinski definition) is 2. The van der Waals surface area contributed by atoms with Crippen molar-refractivity contribution in [3.05, 3.63) is 64.8 Å². The van der Waals surface area contributed by atoms with Gasteiger partial charge in [0.05, 0.1) is 4.90 Å². The van der Waals surface area contributed by atoms with E-state index in [0.717, 1.165) is 27.7 Å². The second kappa shape index (κ2) is 6.25. The highest BCUT2D eigenvalue weighted by atomic mass is 32.2. The van der Waals surface area contributed by atoms with Crippen LogP contribution >= 0.6 is 0 Å². The molecule has 1 aliphatic heterocycles. The van der Waals surface area contributed by atoms with E-state index in [1.807, 2.05) is 19.1 Å². The number of fused-ring (bicyclic) bond motifs is 3. The topological polar surface area (TPSA) is 53.2 Å². The first-order valence-electron chi connectivity index (χ1n) is 9.07. The first-order valence-corrected chi connectivity index (χ1v) is 10.5. The minimum Gasteiger partial charge on any atom is -0.358 e. The Hall–Kier alpha value is -2.11. The summed E-state index contributed by atoms with van der Waals surface area (Å²) in [6, 6.07) is 13.7. The van der Waals surface area contributed by atoms with E-state index in [1.165, 1.54) is 5.56 Å². The molecule has 0 saturated heterocycles. The normalized spacial score (nSPS) is 15.5. The van der Waals surface area contributed by atoms with Gasteiger partial charge in [-0.2, -0.15) is 4.31 Å². The highest BCUT2D eigenvalue weighted by Gasteiger charge is 2.31. The van der Waals surface area contributed by atoms with E-state index in [-0.39, 0.29) is 0 Å². The molecule has 0 amide bonds. The number of hydrogen-bond donors (Lipinski definition) is 1. The molecule has 2 heterocycles. The number of aryl methyl sites for hydroxylation is 1. The summed E-state index contributed by atoms with van der Waals surface area (Å²) in [6.07, 6.45) is 0.714. The Morgan fingerprint density at radius 3 is 2.62 bits per heavy atom. The molecule has 0 bridgehead atoms. The highest BCUT2D eigenvalue weighted by Crippen LogP contribution is 2.32. The van der Waals surface area contributed by atoms with E-state index in [9.17, 15) is 8.42 Å². The number of rotatable bonds is 3. The molecule has 4 rings (SSSR count). The molecule has 0 spiro atoms. The van der Waals surface area contributed by atoms with Crippen molar-refractivity contribution >= 4 is 20.9 Å². The molecule has 2 aromatic carbocycles. The van der Waals surface area contributed by atoms with Gasteiger partial charge in [-0.15, -0.1) is 0 Å². The molecule has 26 heavy (non-hydrogen) atoms. The summed E-state index contributed by atoms with van der Waals surface area (Å²) in [5.74, 6) is 0.445. The molecule has 1 aliphatic rings. The lowest BCUT2D eigenvalue weighted by Gasteiger charge is -2.27. The quantitative estimate of drug-likeness (QED) is 0.747. The van der Waals surface area contributed by atoms with Gasteiger partial charge >= 0.3 is 0 Å². The smallest absolute Gasteiger partial charge is 0.243 e. The van der Waals surface area contributed by atoms with Crippen molar-refractivity contribution in [3.63, 3.8) is 0 Å². The summed E-state index contributed by atoms with van der Waals surface area (Å²) in [7, 11) is -3.49. The Labute approximate surface area is 154 Å². The first kappa shape index (κ1) is 17.3. The van der Waals surface area contributed by atoms with Gasteiger partial charge in [0, 0.05) is 36.1 Å². The summed E-state index contributed by atoms with van der Waals surface area (Å²) in [5.41, 5.74) is 5.44. The predicted octanol–water partition coefficient (Wildman–Crippen LogP) is 4.35. The van der Waals surface area contributed by atoms with E-state index in [2.05, 4.69) is 37.0 Å². The number of aromatic amines is 1. The number of aromatic nitrogens is 1. The molecule has 0 unspecified atom stereocenters. The van der Waals surface area contributed by atoms with Crippen LogP contribution in [0.1, 0.15) is 42.1 Å². The van der Waals surface area contributed by atoms with E-state index in [1.54, 1.807) is 16.4 Å². The fourth-order valence-corrected chi connectivity index (χ4v) is 5.39. The van der Waals surface area contributed by atoms with Crippen LogP contribution in [0.3, 0.4) is 0 Å². The fraction of sp³-hybridized carbons (Fsp3) is 0.333. The van der Waals surface area contributed by atoms with Crippen LogP contribution in [0.5, 0.6) is 0 Å². The van der Waals surface area contributed by atoms with Crippen molar-refractivity contribution in [2.24, 2.45) is 0 Å². The van der Waals surface area contributed by atoms with Gasteiger partial charge in [0.2, 0.25) is 10.0 Å². The third-order valence-electron chi connectivity index (χ3n) is 5.34. The van der Waals surface area contributed by atoms with E-state index in [0.29, 0.717) is 30.3 Å². The second-order valence-corrected chi connectivity index (χ2v) is 9.30. The van der Waals surface area contributed by atoms with Gasteiger partial charge in [0.1, 0.15) is 0 Å². The predicted molar refractivity (Wildman–Crippen MR) is 105 cm³/mol. The maximum atomic E-state index is 13.2. The average Bonchev–Trinajstić information content (AvgIpc) is 2.98. The monoisotopic (exact) mass is 368 g/mol. The van der Waals surface area contributed by atoms with E-state index < -0.39 is 10.0 Å². The Bertz CT molecular complexity index is 1080. The minimum atomic E-state index is -3.49. The fourth-order valence-electron chi connectivity index (χ4n) is 3.76. The van der Waals surface area contributed by atoms with Gasteiger partial charge in [0.25, 0.3) is 0 Å². The lowest BCUT2D eigenvalue weighted by molar-refractivity contribution is 0.391. The number of H-pyrrole nitrogens is 1. The van der Waals surface area contributed by atoms with Gasteiger partial charge in [-0.05, 0) is 47.7 Å². The number of sulfonamides is 1. The van der Waals surface area contributed by atoms with Crippen molar-refractivity contribution in [1.82, 2.24) is 9.29 Å². The third-order valence-corrected chi connectivity index (χ3v) is 7.35. The molecule has 0 fully saturated rings. The zero-order valence-electron chi connectivity index (χ0n) is 15.4. The van der Waals surface area contributed by atoms with Crippen molar-refractivity contribution in [3.8, 4) is 0 Å². The summed E-state index contributed by atoms with van der Waals surface area (Å²) < 4.78 is 28.0. The van der Waals surface area contributed by atoms with E-state index >= 15 is 0 Å². The molecular weight excluding hydrogens is 344 g/mol. The molecule has 0 radical (unpaired) electrons. The van der Waals surface area contributed by atoms with Crippen LogP contribution in [-0.2, 0) is 23.0 Å². The number of nitrogens with one attached hydrogen (secondary N) is 1. The molecule has 0 saturated carbocycles. The van der Waals surface area contributed by atoms with Crippen molar-refractivity contribution < 1.29 is 8.42 Å². The third kappa shape index (κ3) is 2.75. The van der Waals surface area contributed by atoms with Crippen LogP contribution in [0.15, 0.2) is 47.4 Å². The standard InChI is InChI=1S/C21H24N2O2S/c1-14(2)16-8-9-19-17(12-16)18-13-23(11-10-20(18)22-19)26(24,25)21-7-5-4-6-15(21)3/h4-9,12,14,22H,10-11,13H2,1-3H3. The number of nitrogens with zero attached hydrogens (tertiary/aromatic N) is 1. The molecule has 5 heteroatoms. The lowest BCUT2D eigenvalue weighted by Crippen LogP contribution is -2.36.